The lowest BCUT2D eigenvalue weighted by molar-refractivity contribution is 0.130. The van der Waals surface area contributed by atoms with Crippen molar-refractivity contribution >= 4 is 0 Å². The van der Waals surface area contributed by atoms with E-state index in [9.17, 15) is 0 Å². The molecule has 0 amide bonds. The largest absolute Gasteiger partial charge is 0.357 e. The number of aromatic nitrogens is 1. The minimum Gasteiger partial charge on any atom is -0.357 e. The third-order valence-electron chi connectivity index (χ3n) is 4.34. The molecule has 1 aliphatic carbocycles. The summed E-state index contributed by atoms with van der Waals surface area (Å²) in [5.74, 6) is 0.815. The highest BCUT2D eigenvalue weighted by Gasteiger charge is 2.33. The molecule has 1 fully saturated rings. The third kappa shape index (κ3) is 3.38. The summed E-state index contributed by atoms with van der Waals surface area (Å²) in [5, 5.41) is 3.79. The molecule has 1 saturated carbocycles. The van der Waals surface area contributed by atoms with Gasteiger partial charge in [0, 0.05) is 32.0 Å². The van der Waals surface area contributed by atoms with Gasteiger partial charge in [0.05, 0.1) is 0 Å². The molecule has 0 bridgehead atoms. The summed E-state index contributed by atoms with van der Waals surface area (Å²) in [5.41, 5.74) is 1.82. The average Bonchev–Trinajstić information content (AvgIpc) is 2.72. The van der Waals surface area contributed by atoms with Crippen molar-refractivity contribution in [3.63, 3.8) is 0 Å². The molecular formula is C16H28N2. The van der Waals surface area contributed by atoms with E-state index in [1.807, 2.05) is 0 Å². The Balaban J connectivity index is 1.93. The first-order chi connectivity index (χ1) is 8.47. The number of aryl methyl sites for hydroxylation is 1. The van der Waals surface area contributed by atoms with Crippen molar-refractivity contribution in [3.05, 3.63) is 24.0 Å². The SMILES string of the molecule is Cn1ccc(CNC2CCCCC2C(C)(C)C)c1. The Morgan fingerprint density at radius 2 is 2.00 bits per heavy atom. The van der Waals surface area contributed by atoms with Crippen LogP contribution in [0.2, 0.25) is 0 Å². The Bertz CT molecular complexity index is 373. The molecule has 102 valence electrons. The van der Waals surface area contributed by atoms with Gasteiger partial charge in [-0.1, -0.05) is 33.6 Å². The van der Waals surface area contributed by atoms with Gasteiger partial charge in [0.15, 0.2) is 0 Å². The third-order valence-corrected chi connectivity index (χ3v) is 4.34. The smallest absolute Gasteiger partial charge is 0.0223 e. The first-order valence-electron chi connectivity index (χ1n) is 7.31. The van der Waals surface area contributed by atoms with Crippen molar-refractivity contribution in [2.24, 2.45) is 18.4 Å². The predicted octanol–water partition coefficient (Wildman–Crippen LogP) is 3.72. The van der Waals surface area contributed by atoms with Gasteiger partial charge in [0.25, 0.3) is 0 Å². The minimum atomic E-state index is 0.425. The maximum atomic E-state index is 3.79. The molecule has 0 radical (unpaired) electrons. The van der Waals surface area contributed by atoms with E-state index in [1.54, 1.807) is 0 Å². The Morgan fingerprint density at radius 3 is 2.61 bits per heavy atom. The lowest BCUT2D eigenvalue weighted by Gasteiger charge is -2.41. The van der Waals surface area contributed by atoms with Crippen LogP contribution in [0, 0.1) is 11.3 Å². The van der Waals surface area contributed by atoms with Gasteiger partial charge >= 0.3 is 0 Å². The Kier molecular flexibility index (Phi) is 4.16. The molecule has 1 aromatic rings. The van der Waals surface area contributed by atoms with Crippen LogP contribution in [0.3, 0.4) is 0 Å². The fourth-order valence-electron chi connectivity index (χ4n) is 3.33. The number of rotatable bonds is 3. The van der Waals surface area contributed by atoms with Crippen LogP contribution in [0.25, 0.3) is 0 Å². The molecule has 0 aromatic carbocycles. The highest BCUT2D eigenvalue weighted by Crippen LogP contribution is 2.38. The zero-order chi connectivity index (χ0) is 13.2. The molecule has 0 aliphatic heterocycles. The molecule has 2 nitrogen and oxygen atoms in total. The molecule has 2 atom stereocenters. The van der Waals surface area contributed by atoms with Gasteiger partial charge in [-0.05, 0) is 35.8 Å². The summed E-state index contributed by atoms with van der Waals surface area (Å²) in [6.45, 7) is 8.18. The van der Waals surface area contributed by atoms with Crippen molar-refractivity contribution in [3.8, 4) is 0 Å². The van der Waals surface area contributed by atoms with Crippen LogP contribution in [0.15, 0.2) is 18.5 Å². The molecule has 1 aliphatic rings. The van der Waals surface area contributed by atoms with Gasteiger partial charge in [-0.3, -0.25) is 0 Å². The molecule has 0 saturated heterocycles. The fourth-order valence-corrected chi connectivity index (χ4v) is 3.33. The second-order valence-electron chi connectivity index (χ2n) is 6.93. The molecule has 1 aromatic heterocycles. The lowest BCUT2D eigenvalue weighted by atomic mass is 9.69. The second-order valence-corrected chi connectivity index (χ2v) is 6.93. The van der Waals surface area contributed by atoms with Gasteiger partial charge in [-0.15, -0.1) is 0 Å². The normalized spacial score (nSPS) is 25.3. The molecule has 2 heteroatoms. The van der Waals surface area contributed by atoms with Crippen LogP contribution in [-0.2, 0) is 13.6 Å². The molecule has 2 rings (SSSR count). The van der Waals surface area contributed by atoms with Crippen LogP contribution in [0.1, 0.15) is 52.0 Å². The first-order valence-corrected chi connectivity index (χ1v) is 7.31. The predicted molar refractivity (Wildman–Crippen MR) is 77.5 cm³/mol. The molecule has 1 N–H and O–H groups in total. The maximum absolute atomic E-state index is 3.79. The van der Waals surface area contributed by atoms with E-state index in [4.69, 9.17) is 0 Å². The van der Waals surface area contributed by atoms with Crippen LogP contribution < -0.4 is 5.32 Å². The van der Waals surface area contributed by atoms with E-state index >= 15 is 0 Å². The quantitative estimate of drug-likeness (QED) is 0.862. The van der Waals surface area contributed by atoms with Crippen molar-refractivity contribution in [1.82, 2.24) is 9.88 Å². The summed E-state index contributed by atoms with van der Waals surface area (Å²) in [7, 11) is 2.09. The summed E-state index contributed by atoms with van der Waals surface area (Å²) in [6.07, 6.45) is 9.86. The Morgan fingerprint density at radius 1 is 1.28 bits per heavy atom. The van der Waals surface area contributed by atoms with E-state index < -0.39 is 0 Å². The topological polar surface area (TPSA) is 17.0 Å². The fraction of sp³-hybridized carbons (Fsp3) is 0.750. The second kappa shape index (κ2) is 5.48. The zero-order valence-electron chi connectivity index (χ0n) is 12.4. The standard InChI is InChI=1S/C16H28N2/c1-16(2,3)14-7-5-6-8-15(14)17-11-13-9-10-18(4)12-13/h9-10,12,14-15,17H,5-8,11H2,1-4H3. The molecule has 0 spiro atoms. The van der Waals surface area contributed by atoms with Crippen molar-refractivity contribution < 1.29 is 0 Å². The summed E-state index contributed by atoms with van der Waals surface area (Å²) >= 11 is 0. The van der Waals surface area contributed by atoms with Gasteiger partial charge < -0.3 is 9.88 Å². The zero-order valence-corrected chi connectivity index (χ0v) is 12.4. The van der Waals surface area contributed by atoms with E-state index in [1.165, 1.54) is 31.2 Å². The number of hydrogen-bond donors (Lipinski definition) is 1. The minimum absolute atomic E-state index is 0.425. The number of nitrogens with one attached hydrogen (secondary N) is 1. The number of nitrogens with zero attached hydrogens (tertiary/aromatic N) is 1. The van der Waals surface area contributed by atoms with E-state index in [0.717, 1.165) is 12.5 Å². The van der Waals surface area contributed by atoms with Gasteiger partial charge in [0.1, 0.15) is 0 Å². The molecule has 1 heterocycles. The summed E-state index contributed by atoms with van der Waals surface area (Å²) in [6, 6.07) is 2.90. The Labute approximate surface area is 112 Å². The first kappa shape index (κ1) is 13.7. The summed E-state index contributed by atoms with van der Waals surface area (Å²) < 4.78 is 2.12. The van der Waals surface area contributed by atoms with Crippen LogP contribution in [-0.4, -0.2) is 10.6 Å². The molecular weight excluding hydrogens is 220 g/mol. The highest BCUT2D eigenvalue weighted by molar-refractivity contribution is 5.09. The maximum Gasteiger partial charge on any atom is 0.0223 e. The van der Waals surface area contributed by atoms with Gasteiger partial charge in [-0.25, -0.2) is 0 Å². The lowest BCUT2D eigenvalue weighted by Crippen LogP contribution is -2.43. The van der Waals surface area contributed by atoms with E-state index in [0.29, 0.717) is 11.5 Å². The van der Waals surface area contributed by atoms with Crippen LogP contribution >= 0.6 is 0 Å². The van der Waals surface area contributed by atoms with Gasteiger partial charge in [0.2, 0.25) is 0 Å². The molecule has 2 unspecified atom stereocenters. The number of hydrogen-bond acceptors (Lipinski definition) is 1. The van der Waals surface area contributed by atoms with Crippen molar-refractivity contribution in [2.45, 2.75) is 59.0 Å². The average molecular weight is 248 g/mol. The van der Waals surface area contributed by atoms with Crippen molar-refractivity contribution in [2.75, 3.05) is 0 Å². The summed E-state index contributed by atoms with van der Waals surface area (Å²) in [4.78, 5) is 0. The van der Waals surface area contributed by atoms with Crippen LogP contribution in [0.5, 0.6) is 0 Å². The van der Waals surface area contributed by atoms with E-state index in [-0.39, 0.29) is 0 Å². The van der Waals surface area contributed by atoms with Gasteiger partial charge in [-0.2, -0.15) is 0 Å². The monoisotopic (exact) mass is 248 g/mol. The highest BCUT2D eigenvalue weighted by atomic mass is 14.9. The molecule has 18 heavy (non-hydrogen) atoms. The van der Waals surface area contributed by atoms with Crippen molar-refractivity contribution in [1.29, 1.82) is 0 Å². The van der Waals surface area contributed by atoms with Crippen LogP contribution in [0.4, 0.5) is 0 Å². The van der Waals surface area contributed by atoms with E-state index in [2.05, 4.69) is 56.2 Å². The Hall–Kier alpha value is -0.760.